The van der Waals surface area contributed by atoms with Crippen molar-refractivity contribution in [2.24, 2.45) is 5.92 Å². The Labute approximate surface area is 132 Å². The monoisotopic (exact) mass is 305 g/mol. The fraction of sp³-hybridized carbons (Fsp3) is 0.611. The minimum Gasteiger partial charge on any atom is -0.355 e. The Morgan fingerprint density at radius 1 is 1.10 bits per heavy atom. The molecule has 114 valence electrons. The number of halogens is 1. The number of rotatable bonds is 4. The van der Waals surface area contributed by atoms with Crippen LogP contribution in [0.1, 0.15) is 56.9 Å². The molecule has 2 aliphatic carbocycles. The van der Waals surface area contributed by atoms with Crippen LogP contribution in [-0.2, 0) is 10.2 Å². The molecular formula is C18H24ClNO. The molecule has 3 rings (SSSR count). The molecule has 1 aromatic rings. The van der Waals surface area contributed by atoms with Gasteiger partial charge in [-0.05, 0) is 43.4 Å². The molecule has 1 amide bonds. The van der Waals surface area contributed by atoms with Crippen LogP contribution in [0.25, 0.3) is 0 Å². The fourth-order valence-electron chi connectivity index (χ4n) is 3.74. The second-order valence-corrected chi connectivity index (χ2v) is 7.13. The number of amides is 1. The molecule has 21 heavy (non-hydrogen) atoms. The summed E-state index contributed by atoms with van der Waals surface area (Å²) in [6, 6.07) is 8.16. The zero-order chi connectivity index (χ0) is 14.7. The van der Waals surface area contributed by atoms with Crippen molar-refractivity contribution in [2.45, 2.75) is 56.8 Å². The molecule has 1 N–H and O–H groups in total. The lowest BCUT2D eigenvalue weighted by Crippen LogP contribution is -2.47. The Morgan fingerprint density at radius 3 is 2.33 bits per heavy atom. The first-order chi connectivity index (χ1) is 10.2. The van der Waals surface area contributed by atoms with Gasteiger partial charge in [-0.1, -0.05) is 49.4 Å². The lowest BCUT2D eigenvalue weighted by Gasteiger charge is -2.43. The van der Waals surface area contributed by atoms with Crippen molar-refractivity contribution >= 4 is 17.5 Å². The van der Waals surface area contributed by atoms with E-state index >= 15 is 0 Å². The number of hydrogen-bond donors (Lipinski definition) is 1. The van der Waals surface area contributed by atoms with Crippen LogP contribution < -0.4 is 5.32 Å². The highest BCUT2D eigenvalue weighted by molar-refractivity contribution is 6.30. The van der Waals surface area contributed by atoms with E-state index in [9.17, 15) is 4.79 Å². The zero-order valence-corrected chi connectivity index (χ0v) is 13.3. The van der Waals surface area contributed by atoms with Crippen LogP contribution in [-0.4, -0.2) is 12.5 Å². The average Bonchev–Trinajstić information content (AvgIpc) is 2.48. The maximum Gasteiger partial charge on any atom is 0.223 e. The predicted octanol–water partition coefficient (Wildman–Crippen LogP) is 4.46. The van der Waals surface area contributed by atoms with Crippen LogP contribution >= 0.6 is 11.6 Å². The minimum atomic E-state index is 0.148. The molecule has 3 heteroatoms. The van der Waals surface area contributed by atoms with E-state index in [-0.39, 0.29) is 17.2 Å². The molecule has 0 saturated heterocycles. The molecular weight excluding hydrogens is 282 g/mol. The van der Waals surface area contributed by atoms with Gasteiger partial charge in [0.2, 0.25) is 5.91 Å². The van der Waals surface area contributed by atoms with E-state index in [4.69, 9.17) is 11.6 Å². The molecule has 2 saturated carbocycles. The van der Waals surface area contributed by atoms with Crippen molar-refractivity contribution in [1.29, 1.82) is 0 Å². The van der Waals surface area contributed by atoms with Crippen molar-refractivity contribution in [2.75, 3.05) is 6.54 Å². The maximum absolute atomic E-state index is 12.3. The largest absolute Gasteiger partial charge is 0.355 e. The molecule has 0 aromatic heterocycles. The van der Waals surface area contributed by atoms with Crippen molar-refractivity contribution in [3.63, 3.8) is 0 Å². The standard InChI is InChI=1S/C18H24ClNO/c19-16-9-7-15(8-10-16)18(11-4-12-18)13-20-17(21)14-5-2-1-3-6-14/h7-10,14H,1-6,11-13H2,(H,20,21). The van der Waals surface area contributed by atoms with Gasteiger partial charge in [0.05, 0.1) is 0 Å². The highest BCUT2D eigenvalue weighted by Crippen LogP contribution is 2.43. The normalized spacial score (nSPS) is 21.6. The Hall–Kier alpha value is -1.02. The SMILES string of the molecule is O=C(NCC1(c2ccc(Cl)cc2)CCC1)C1CCCCC1. The third-order valence-corrected chi connectivity index (χ3v) is 5.60. The summed E-state index contributed by atoms with van der Waals surface area (Å²) in [5, 5.41) is 4.01. The Bertz CT molecular complexity index is 486. The van der Waals surface area contributed by atoms with Crippen LogP contribution in [0.4, 0.5) is 0 Å². The second-order valence-electron chi connectivity index (χ2n) is 6.69. The molecule has 0 aliphatic heterocycles. The van der Waals surface area contributed by atoms with Crippen molar-refractivity contribution in [3.8, 4) is 0 Å². The van der Waals surface area contributed by atoms with Crippen LogP contribution in [0.5, 0.6) is 0 Å². The van der Waals surface area contributed by atoms with E-state index in [0.717, 1.165) is 24.4 Å². The number of nitrogens with one attached hydrogen (secondary N) is 1. The smallest absolute Gasteiger partial charge is 0.223 e. The van der Waals surface area contributed by atoms with Gasteiger partial charge in [-0.15, -0.1) is 0 Å². The van der Waals surface area contributed by atoms with Crippen molar-refractivity contribution in [3.05, 3.63) is 34.9 Å². The Kier molecular flexibility index (Phi) is 4.54. The average molecular weight is 306 g/mol. The molecule has 2 aliphatic rings. The molecule has 0 radical (unpaired) electrons. The summed E-state index contributed by atoms with van der Waals surface area (Å²) in [7, 11) is 0. The van der Waals surface area contributed by atoms with Crippen molar-refractivity contribution in [1.82, 2.24) is 5.32 Å². The van der Waals surface area contributed by atoms with E-state index in [0.29, 0.717) is 0 Å². The maximum atomic E-state index is 12.3. The van der Waals surface area contributed by atoms with Gasteiger partial charge >= 0.3 is 0 Å². The molecule has 0 unspecified atom stereocenters. The van der Waals surface area contributed by atoms with E-state index in [1.54, 1.807) is 0 Å². The third kappa shape index (κ3) is 3.26. The van der Waals surface area contributed by atoms with E-state index < -0.39 is 0 Å². The lowest BCUT2D eigenvalue weighted by atomic mass is 9.64. The number of benzene rings is 1. The van der Waals surface area contributed by atoms with Gasteiger partial charge < -0.3 is 5.32 Å². The van der Waals surface area contributed by atoms with Gasteiger partial charge in [-0.25, -0.2) is 0 Å². The first kappa shape index (κ1) is 14.9. The topological polar surface area (TPSA) is 29.1 Å². The second kappa shape index (κ2) is 6.39. The first-order valence-corrected chi connectivity index (χ1v) is 8.61. The molecule has 0 heterocycles. The molecule has 0 spiro atoms. The molecule has 0 bridgehead atoms. The summed E-state index contributed by atoms with van der Waals surface area (Å²) in [6.45, 7) is 0.782. The number of carbonyl (C=O) groups excluding carboxylic acids is 1. The van der Waals surface area contributed by atoms with Gasteiger partial charge in [-0.2, -0.15) is 0 Å². The van der Waals surface area contributed by atoms with Crippen LogP contribution in [0.2, 0.25) is 5.02 Å². The summed E-state index contributed by atoms with van der Waals surface area (Å²) in [5.41, 5.74) is 1.47. The van der Waals surface area contributed by atoms with Gasteiger partial charge in [0.25, 0.3) is 0 Å². The first-order valence-electron chi connectivity index (χ1n) is 8.23. The van der Waals surface area contributed by atoms with Crippen LogP contribution in [0.15, 0.2) is 24.3 Å². The summed E-state index contributed by atoms with van der Waals surface area (Å²) in [5.74, 6) is 0.524. The van der Waals surface area contributed by atoms with Crippen LogP contribution in [0, 0.1) is 5.92 Å². The van der Waals surface area contributed by atoms with E-state index in [2.05, 4.69) is 17.4 Å². The minimum absolute atomic E-state index is 0.148. The summed E-state index contributed by atoms with van der Waals surface area (Å²) < 4.78 is 0. The summed E-state index contributed by atoms with van der Waals surface area (Å²) in [4.78, 5) is 12.3. The van der Waals surface area contributed by atoms with Gasteiger partial charge in [-0.3, -0.25) is 4.79 Å². The summed E-state index contributed by atoms with van der Waals surface area (Å²) >= 11 is 5.98. The Morgan fingerprint density at radius 2 is 1.76 bits per heavy atom. The van der Waals surface area contributed by atoms with Gasteiger partial charge in [0, 0.05) is 22.9 Å². The van der Waals surface area contributed by atoms with Gasteiger partial charge in [0.15, 0.2) is 0 Å². The molecule has 0 atom stereocenters. The zero-order valence-electron chi connectivity index (χ0n) is 12.5. The van der Waals surface area contributed by atoms with Crippen LogP contribution in [0.3, 0.4) is 0 Å². The third-order valence-electron chi connectivity index (χ3n) is 5.34. The van der Waals surface area contributed by atoms with E-state index in [1.165, 1.54) is 44.1 Å². The quantitative estimate of drug-likeness (QED) is 0.874. The van der Waals surface area contributed by atoms with E-state index in [1.807, 2.05) is 12.1 Å². The van der Waals surface area contributed by atoms with Gasteiger partial charge in [0.1, 0.15) is 0 Å². The fourth-order valence-corrected chi connectivity index (χ4v) is 3.87. The molecule has 1 aromatic carbocycles. The predicted molar refractivity (Wildman–Crippen MR) is 86.6 cm³/mol. The number of carbonyl (C=O) groups is 1. The highest BCUT2D eigenvalue weighted by Gasteiger charge is 2.39. The number of hydrogen-bond acceptors (Lipinski definition) is 1. The highest BCUT2D eigenvalue weighted by atomic mass is 35.5. The molecule has 2 nitrogen and oxygen atoms in total. The molecule has 2 fully saturated rings. The Balaban J connectivity index is 1.61. The lowest BCUT2D eigenvalue weighted by molar-refractivity contribution is -0.126. The summed E-state index contributed by atoms with van der Waals surface area (Å²) in [6.07, 6.45) is 9.43. The van der Waals surface area contributed by atoms with Crippen molar-refractivity contribution < 1.29 is 4.79 Å².